The summed E-state index contributed by atoms with van der Waals surface area (Å²) >= 11 is 0. The molecule has 102 valence electrons. The maximum Gasteiger partial charge on any atom is 0.145 e. The minimum Gasteiger partial charge on any atom is -0.307 e. The minimum absolute atomic E-state index is 0.125. The van der Waals surface area contributed by atoms with Crippen molar-refractivity contribution >= 4 is 0 Å². The monoisotopic (exact) mass is 259 g/mol. The Kier molecular flexibility index (Phi) is 4.27. The molecule has 0 bridgehead atoms. The Morgan fingerprint density at radius 1 is 1.26 bits per heavy atom. The fourth-order valence-electron chi connectivity index (χ4n) is 2.15. The third-order valence-corrected chi connectivity index (χ3v) is 3.08. The summed E-state index contributed by atoms with van der Waals surface area (Å²) in [5.74, 6) is 0.839. The molecule has 0 aliphatic heterocycles. The van der Waals surface area contributed by atoms with Crippen LogP contribution in [0.4, 0.5) is 0 Å². The van der Waals surface area contributed by atoms with Crippen LogP contribution in [0.25, 0.3) is 0 Å². The van der Waals surface area contributed by atoms with Crippen molar-refractivity contribution < 1.29 is 0 Å². The highest BCUT2D eigenvalue weighted by atomic mass is 15.3. The van der Waals surface area contributed by atoms with Crippen molar-refractivity contribution in [3.63, 3.8) is 0 Å². The summed E-state index contributed by atoms with van der Waals surface area (Å²) < 4.78 is 1.92. The summed E-state index contributed by atoms with van der Waals surface area (Å²) in [5.41, 5.74) is 3.31. The Morgan fingerprint density at radius 2 is 1.95 bits per heavy atom. The standard InChI is InChI=1S/C14H21N5/c1-5-15-13(14-16-8-10(2)9-17-14)7-12-6-11(3)18-19(12)4/h6,8-9,13,15H,5,7H2,1-4H3. The van der Waals surface area contributed by atoms with Gasteiger partial charge in [0, 0.05) is 31.6 Å². The van der Waals surface area contributed by atoms with E-state index in [0.717, 1.165) is 30.0 Å². The van der Waals surface area contributed by atoms with Gasteiger partial charge < -0.3 is 5.32 Å². The number of hydrogen-bond acceptors (Lipinski definition) is 4. The lowest BCUT2D eigenvalue weighted by molar-refractivity contribution is 0.504. The van der Waals surface area contributed by atoms with Gasteiger partial charge in [-0.15, -0.1) is 0 Å². The third kappa shape index (κ3) is 3.38. The summed E-state index contributed by atoms with van der Waals surface area (Å²) in [4.78, 5) is 8.85. The van der Waals surface area contributed by atoms with Crippen LogP contribution in [0.3, 0.4) is 0 Å². The zero-order chi connectivity index (χ0) is 13.8. The molecule has 0 fully saturated rings. The van der Waals surface area contributed by atoms with Crippen molar-refractivity contribution in [2.75, 3.05) is 6.54 Å². The van der Waals surface area contributed by atoms with Crippen molar-refractivity contribution in [1.29, 1.82) is 0 Å². The van der Waals surface area contributed by atoms with Crippen molar-refractivity contribution in [3.05, 3.63) is 41.2 Å². The number of nitrogens with one attached hydrogen (secondary N) is 1. The number of aromatic nitrogens is 4. The zero-order valence-electron chi connectivity index (χ0n) is 12.0. The molecule has 2 aromatic heterocycles. The molecule has 2 aromatic rings. The van der Waals surface area contributed by atoms with Crippen LogP contribution in [0.15, 0.2) is 18.5 Å². The summed E-state index contributed by atoms with van der Waals surface area (Å²) in [6.07, 6.45) is 4.57. The van der Waals surface area contributed by atoms with Crippen molar-refractivity contribution in [1.82, 2.24) is 25.1 Å². The van der Waals surface area contributed by atoms with Gasteiger partial charge in [0.15, 0.2) is 0 Å². The lowest BCUT2D eigenvalue weighted by Crippen LogP contribution is -2.25. The number of rotatable bonds is 5. The van der Waals surface area contributed by atoms with E-state index in [0.29, 0.717) is 0 Å². The van der Waals surface area contributed by atoms with E-state index >= 15 is 0 Å². The number of aryl methyl sites for hydroxylation is 3. The number of nitrogens with zero attached hydrogens (tertiary/aromatic N) is 4. The van der Waals surface area contributed by atoms with Gasteiger partial charge in [-0.05, 0) is 32.0 Å². The van der Waals surface area contributed by atoms with Gasteiger partial charge in [0.1, 0.15) is 5.82 Å². The molecule has 0 amide bonds. The summed E-state index contributed by atoms with van der Waals surface area (Å²) in [6, 6.07) is 2.24. The highest BCUT2D eigenvalue weighted by molar-refractivity contribution is 5.13. The second-order valence-electron chi connectivity index (χ2n) is 4.83. The minimum atomic E-state index is 0.125. The first-order valence-electron chi connectivity index (χ1n) is 6.61. The lowest BCUT2D eigenvalue weighted by atomic mass is 10.1. The smallest absolute Gasteiger partial charge is 0.145 e. The fourth-order valence-corrected chi connectivity index (χ4v) is 2.15. The Labute approximate surface area is 114 Å². The molecule has 19 heavy (non-hydrogen) atoms. The molecule has 1 unspecified atom stereocenters. The molecule has 0 saturated heterocycles. The van der Waals surface area contributed by atoms with Crippen molar-refractivity contribution in [2.45, 2.75) is 33.2 Å². The summed E-state index contributed by atoms with van der Waals surface area (Å²) in [7, 11) is 1.97. The average molecular weight is 259 g/mol. The third-order valence-electron chi connectivity index (χ3n) is 3.08. The van der Waals surface area contributed by atoms with Gasteiger partial charge in [0.05, 0.1) is 11.7 Å². The maximum atomic E-state index is 4.43. The first-order valence-corrected chi connectivity index (χ1v) is 6.61. The van der Waals surface area contributed by atoms with E-state index < -0.39 is 0 Å². The maximum absolute atomic E-state index is 4.43. The van der Waals surface area contributed by atoms with E-state index in [1.165, 1.54) is 5.69 Å². The van der Waals surface area contributed by atoms with Crippen LogP contribution in [0.2, 0.25) is 0 Å². The van der Waals surface area contributed by atoms with E-state index in [-0.39, 0.29) is 6.04 Å². The molecular weight excluding hydrogens is 238 g/mol. The lowest BCUT2D eigenvalue weighted by Gasteiger charge is -2.16. The molecule has 1 atom stereocenters. The molecule has 0 aliphatic carbocycles. The topological polar surface area (TPSA) is 55.6 Å². The van der Waals surface area contributed by atoms with E-state index in [9.17, 15) is 0 Å². The number of hydrogen-bond donors (Lipinski definition) is 1. The molecule has 0 saturated carbocycles. The Balaban J connectivity index is 2.20. The fraction of sp³-hybridized carbons (Fsp3) is 0.500. The number of likely N-dealkylation sites (N-methyl/N-ethyl adjacent to an activating group) is 1. The molecule has 0 spiro atoms. The largest absolute Gasteiger partial charge is 0.307 e. The van der Waals surface area contributed by atoms with Crippen LogP contribution in [0, 0.1) is 13.8 Å². The highest BCUT2D eigenvalue weighted by Gasteiger charge is 2.16. The summed E-state index contributed by atoms with van der Waals surface area (Å²) in [6.45, 7) is 6.99. The average Bonchev–Trinajstić information content (AvgIpc) is 2.68. The molecule has 5 nitrogen and oxygen atoms in total. The normalized spacial score (nSPS) is 12.6. The molecule has 0 aliphatic rings. The van der Waals surface area contributed by atoms with Crippen LogP contribution >= 0.6 is 0 Å². The van der Waals surface area contributed by atoms with Crippen LogP contribution in [0.5, 0.6) is 0 Å². The second kappa shape index (κ2) is 5.93. The summed E-state index contributed by atoms with van der Waals surface area (Å²) in [5, 5.41) is 7.82. The van der Waals surface area contributed by atoms with Gasteiger partial charge >= 0.3 is 0 Å². The van der Waals surface area contributed by atoms with Crippen LogP contribution < -0.4 is 5.32 Å². The van der Waals surface area contributed by atoms with Crippen LogP contribution in [-0.4, -0.2) is 26.3 Å². The second-order valence-corrected chi connectivity index (χ2v) is 4.83. The first kappa shape index (κ1) is 13.7. The molecule has 2 rings (SSSR count). The van der Waals surface area contributed by atoms with Gasteiger partial charge in [0.25, 0.3) is 0 Å². The predicted molar refractivity (Wildman–Crippen MR) is 74.8 cm³/mol. The quantitative estimate of drug-likeness (QED) is 0.888. The van der Waals surface area contributed by atoms with Crippen molar-refractivity contribution in [2.24, 2.45) is 7.05 Å². The van der Waals surface area contributed by atoms with Crippen LogP contribution in [0.1, 0.15) is 35.7 Å². The molecule has 2 heterocycles. The van der Waals surface area contributed by atoms with Gasteiger partial charge in [-0.1, -0.05) is 6.92 Å². The zero-order valence-corrected chi connectivity index (χ0v) is 12.0. The van der Waals surface area contributed by atoms with E-state index in [1.807, 2.05) is 38.0 Å². The molecule has 0 radical (unpaired) electrons. The van der Waals surface area contributed by atoms with Gasteiger partial charge in [-0.25, -0.2) is 9.97 Å². The van der Waals surface area contributed by atoms with Gasteiger partial charge in [-0.2, -0.15) is 5.10 Å². The first-order chi connectivity index (χ1) is 9.10. The Bertz CT molecular complexity index is 529. The van der Waals surface area contributed by atoms with E-state index in [4.69, 9.17) is 0 Å². The molecule has 5 heteroatoms. The predicted octanol–water partition coefficient (Wildman–Crippen LogP) is 1.72. The Hall–Kier alpha value is -1.75. The Morgan fingerprint density at radius 3 is 2.47 bits per heavy atom. The molecule has 1 N–H and O–H groups in total. The molecule has 0 aromatic carbocycles. The van der Waals surface area contributed by atoms with Gasteiger partial charge in [-0.3, -0.25) is 4.68 Å². The van der Waals surface area contributed by atoms with E-state index in [1.54, 1.807) is 0 Å². The van der Waals surface area contributed by atoms with Crippen LogP contribution in [-0.2, 0) is 13.5 Å². The van der Waals surface area contributed by atoms with Gasteiger partial charge in [0.2, 0.25) is 0 Å². The van der Waals surface area contributed by atoms with Crippen molar-refractivity contribution in [3.8, 4) is 0 Å². The highest BCUT2D eigenvalue weighted by Crippen LogP contribution is 2.15. The SMILES string of the molecule is CCNC(Cc1cc(C)nn1C)c1ncc(C)cn1. The molecular formula is C14H21N5. The van der Waals surface area contributed by atoms with E-state index in [2.05, 4.69) is 33.4 Å².